The Morgan fingerprint density at radius 3 is 2.14 bits per heavy atom. The number of primary amides is 1. The van der Waals surface area contributed by atoms with E-state index >= 15 is 0 Å². The minimum atomic E-state index is -0.151. The molecule has 4 nitrogen and oxygen atoms in total. The molecule has 0 aromatic carbocycles. The number of piperidine rings is 1. The van der Waals surface area contributed by atoms with E-state index in [0.29, 0.717) is 6.54 Å². The molecule has 0 bridgehead atoms. The van der Waals surface area contributed by atoms with Gasteiger partial charge in [0, 0.05) is 19.0 Å². The number of carbonyl (C=O) groups excluding carboxylic acids is 1. The summed E-state index contributed by atoms with van der Waals surface area (Å²) in [5, 5.41) is 0. The average Bonchev–Trinajstić information content (AvgIpc) is 2.06. The van der Waals surface area contributed by atoms with Crippen molar-refractivity contribution in [1.29, 1.82) is 0 Å². The fourth-order valence-corrected chi connectivity index (χ4v) is 1.62. The van der Waals surface area contributed by atoms with Gasteiger partial charge >= 0.3 is 0 Å². The van der Waals surface area contributed by atoms with Crippen molar-refractivity contribution >= 4 is 5.91 Å². The van der Waals surface area contributed by atoms with Crippen molar-refractivity contribution in [3.8, 4) is 0 Å². The Balaban J connectivity index is 0. The van der Waals surface area contributed by atoms with Crippen LogP contribution in [0.3, 0.4) is 0 Å². The number of likely N-dealkylation sites (tertiary alicyclic amines) is 1. The van der Waals surface area contributed by atoms with Crippen molar-refractivity contribution in [1.82, 2.24) is 4.90 Å². The Labute approximate surface area is 97.2 Å². The fourth-order valence-electron chi connectivity index (χ4n) is 1.62. The van der Waals surface area contributed by atoms with Gasteiger partial charge in [0.1, 0.15) is 0 Å². The van der Waals surface area contributed by atoms with Gasteiger partial charge in [0.05, 0.1) is 0 Å². The van der Waals surface area contributed by atoms with Crippen LogP contribution < -0.4 is 36.3 Å². The molecular weight excluding hydrogens is 225 g/mol. The molecule has 4 N–H and O–H groups in total. The van der Waals surface area contributed by atoms with Crippen LogP contribution in [0.5, 0.6) is 0 Å². The highest BCUT2D eigenvalue weighted by Crippen LogP contribution is 2.15. The summed E-state index contributed by atoms with van der Waals surface area (Å²) in [6, 6.07) is 0. The van der Waals surface area contributed by atoms with E-state index in [1.54, 1.807) is 0 Å². The smallest absolute Gasteiger partial charge is 0.220 e. The first-order chi connectivity index (χ1) is 5.74. The first-order valence-electron chi connectivity index (χ1n) is 4.45. The lowest BCUT2D eigenvalue weighted by atomic mass is 9.96. The molecule has 0 aliphatic carbocycles. The number of carbonyl (C=O) groups is 1. The van der Waals surface area contributed by atoms with Gasteiger partial charge in [-0.3, -0.25) is 4.79 Å². The summed E-state index contributed by atoms with van der Waals surface area (Å²) in [4.78, 5) is 13.1. The summed E-state index contributed by atoms with van der Waals surface area (Å²) in [5.41, 5.74) is 10.6. The number of hydrogen-bond donors (Lipinski definition) is 2. The van der Waals surface area contributed by atoms with Gasteiger partial charge in [-0.15, -0.1) is 0 Å². The van der Waals surface area contributed by atoms with Gasteiger partial charge in [-0.05, 0) is 25.9 Å². The average molecular weight is 242 g/mol. The molecule has 1 saturated heterocycles. The van der Waals surface area contributed by atoms with E-state index in [1.807, 2.05) is 0 Å². The maximum atomic E-state index is 10.8. The molecule has 0 spiro atoms. The highest BCUT2D eigenvalue weighted by molar-refractivity contribution is 5.76. The molecule has 86 valence electrons. The lowest BCUT2D eigenvalue weighted by Crippen LogP contribution is -3.00. The summed E-state index contributed by atoms with van der Waals surface area (Å²) in [7, 11) is 0. The molecule has 14 heavy (non-hydrogen) atoms. The van der Waals surface area contributed by atoms with Crippen LogP contribution in [0, 0.1) is 5.92 Å². The maximum absolute atomic E-state index is 10.8. The minimum Gasteiger partial charge on any atom is -1.00 e. The van der Waals surface area contributed by atoms with Crippen LogP contribution >= 0.6 is 0 Å². The quantitative estimate of drug-likeness (QED) is 0.516. The Morgan fingerprint density at radius 1 is 1.29 bits per heavy atom. The Hall–Kier alpha value is -0.0300. The number of nitrogens with two attached hydrogens (primary N) is 2. The van der Waals surface area contributed by atoms with Gasteiger partial charge < -0.3 is 41.2 Å². The van der Waals surface area contributed by atoms with Crippen LogP contribution in [-0.2, 0) is 4.79 Å². The van der Waals surface area contributed by atoms with E-state index in [1.165, 1.54) is 0 Å². The Kier molecular flexibility index (Phi) is 9.72. The van der Waals surface area contributed by atoms with Crippen LogP contribution in [0.25, 0.3) is 0 Å². The van der Waals surface area contributed by atoms with Crippen LogP contribution in [0.4, 0.5) is 0 Å². The number of hydrogen-bond acceptors (Lipinski definition) is 3. The number of nitrogens with zero attached hydrogens (tertiary/aromatic N) is 1. The third kappa shape index (κ3) is 5.00. The summed E-state index contributed by atoms with van der Waals surface area (Å²) in [5.74, 6) is -0.0542. The number of amides is 1. The van der Waals surface area contributed by atoms with Crippen molar-refractivity contribution in [3.63, 3.8) is 0 Å². The molecule has 0 aromatic rings. The Morgan fingerprint density at radius 2 is 1.79 bits per heavy atom. The normalized spacial score (nSPS) is 18.1. The number of halogens is 2. The summed E-state index contributed by atoms with van der Waals surface area (Å²) >= 11 is 0. The molecule has 1 rings (SSSR count). The first kappa shape index (κ1) is 16.4. The predicted molar refractivity (Wildman–Crippen MR) is 47.4 cm³/mol. The second-order valence-corrected chi connectivity index (χ2v) is 3.31. The predicted octanol–water partition coefficient (Wildman–Crippen LogP) is -6.85. The zero-order valence-corrected chi connectivity index (χ0v) is 9.60. The summed E-state index contributed by atoms with van der Waals surface area (Å²) in [6.07, 6.45) is 1.80. The lowest BCUT2D eigenvalue weighted by molar-refractivity contribution is -0.123. The van der Waals surface area contributed by atoms with Crippen molar-refractivity contribution < 1.29 is 29.6 Å². The number of rotatable bonds is 3. The van der Waals surface area contributed by atoms with Gasteiger partial charge in [-0.1, -0.05) is 0 Å². The molecule has 0 aromatic heterocycles. The standard InChI is InChI=1S/C8H17N3O.2ClH/c9-3-6-11-4-1-7(2-5-11)8(10)12;;/h7H,1-6,9H2,(H2,10,12);2*1H/p-2. The van der Waals surface area contributed by atoms with Gasteiger partial charge in [-0.2, -0.15) is 0 Å². The largest absolute Gasteiger partial charge is 1.00 e. The van der Waals surface area contributed by atoms with Crippen molar-refractivity contribution in [3.05, 3.63) is 0 Å². The highest BCUT2D eigenvalue weighted by atomic mass is 35.5. The van der Waals surface area contributed by atoms with Crippen LogP contribution in [0.15, 0.2) is 0 Å². The van der Waals surface area contributed by atoms with Crippen molar-refractivity contribution in [2.45, 2.75) is 12.8 Å². The zero-order chi connectivity index (χ0) is 8.97. The van der Waals surface area contributed by atoms with Gasteiger partial charge in [0.15, 0.2) is 0 Å². The molecule has 0 unspecified atom stereocenters. The monoisotopic (exact) mass is 241 g/mol. The maximum Gasteiger partial charge on any atom is 0.220 e. The third-order valence-corrected chi connectivity index (χ3v) is 2.44. The molecule has 1 aliphatic heterocycles. The summed E-state index contributed by atoms with van der Waals surface area (Å²) in [6.45, 7) is 3.56. The molecule has 0 saturated carbocycles. The molecule has 6 heteroatoms. The summed E-state index contributed by atoms with van der Waals surface area (Å²) < 4.78 is 0. The zero-order valence-electron chi connectivity index (χ0n) is 8.09. The van der Waals surface area contributed by atoms with E-state index in [2.05, 4.69) is 4.90 Å². The topological polar surface area (TPSA) is 72.3 Å². The van der Waals surface area contributed by atoms with Crippen LogP contribution in [0.2, 0.25) is 0 Å². The van der Waals surface area contributed by atoms with Crippen LogP contribution in [0.1, 0.15) is 12.8 Å². The molecular formula is C8H17Cl2N3O-2. The van der Waals surface area contributed by atoms with Gasteiger partial charge in [-0.25, -0.2) is 0 Å². The SMILES string of the molecule is NCCN1CCC(C(N)=O)CC1.[Cl-].[Cl-]. The molecule has 1 fully saturated rings. The highest BCUT2D eigenvalue weighted by Gasteiger charge is 2.22. The second kappa shape index (κ2) is 8.29. The molecule has 0 atom stereocenters. The van der Waals surface area contributed by atoms with Crippen molar-refractivity contribution in [2.75, 3.05) is 26.2 Å². The second-order valence-electron chi connectivity index (χ2n) is 3.31. The van der Waals surface area contributed by atoms with E-state index in [4.69, 9.17) is 11.5 Å². The minimum absolute atomic E-state index is 0. The molecule has 1 heterocycles. The van der Waals surface area contributed by atoms with E-state index in [-0.39, 0.29) is 36.6 Å². The molecule has 0 radical (unpaired) electrons. The van der Waals surface area contributed by atoms with Crippen molar-refractivity contribution in [2.24, 2.45) is 17.4 Å². The fraction of sp³-hybridized carbons (Fsp3) is 0.875. The van der Waals surface area contributed by atoms with E-state index in [0.717, 1.165) is 32.5 Å². The lowest BCUT2D eigenvalue weighted by Gasteiger charge is -2.29. The van der Waals surface area contributed by atoms with E-state index < -0.39 is 0 Å². The van der Waals surface area contributed by atoms with Gasteiger partial charge in [0.25, 0.3) is 0 Å². The van der Waals surface area contributed by atoms with Gasteiger partial charge in [0.2, 0.25) is 5.91 Å². The molecule has 1 amide bonds. The Bertz CT molecular complexity index is 161. The molecule has 1 aliphatic rings. The third-order valence-electron chi connectivity index (χ3n) is 2.44. The van der Waals surface area contributed by atoms with Crippen LogP contribution in [-0.4, -0.2) is 37.0 Å². The first-order valence-corrected chi connectivity index (χ1v) is 4.45. The van der Waals surface area contributed by atoms with E-state index in [9.17, 15) is 4.79 Å².